The van der Waals surface area contributed by atoms with Crippen LogP contribution >= 0.6 is 15.9 Å². The van der Waals surface area contributed by atoms with Crippen LogP contribution in [0, 0.1) is 12.8 Å². The highest BCUT2D eigenvalue weighted by Gasteiger charge is 2.01. The second-order valence-electron chi connectivity index (χ2n) is 4.10. The van der Waals surface area contributed by atoms with Crippen molar-refractivity contribution in [3.63, 3.8) is 0 Å². The van der Waals surface area contributed by atoms with Crippen molar-refractivity contribution in [2.75, 3.05) is 0 Å². The van der Waals surface area contributed by atoms with Crippen LogP contribution in [0.15, 0.2) is 34.8 Å². The molecule has 1 heteroatoms. The summed E-state index contributed by atoms with van der Waals surface area (Å²) in [5.41, 5.74) is 2.74. The van der Waals surface area contributed by atoms with Crippen LogP contribution in [0.25, 0.3) is 0 Å². The maximum Gasteiger partial charge on any atom is 0.0204 e. The van der Waals surface area contributed by atoms with Gasteiger partial charge in [0.25, 0.3) is 0 Å². The largest absolute Gasteiger partial charge is 0.0885 e. The first-order valence-electron chi connectivity index (χ1n) is 5.55. The van der Waals surface area contributed by atoms with Gasteiger partial charge >= 0.3 is 0 Å². The molecule has 0 amide bonds. The molecule has 15 heavy (non-hydrogen) atoms. The fourth-order valence-electron chi connectivity index (χ4n) is 1.64. The first-order valence-corrected chi connectivity index (χ1v) is 6.34. The molecule has 0 fully saturated rings. The molecule has 0 spiro atoms. The highest BCUT2D eigenvalue weighted by atomic mass is 79.9. The van der Waals surface area contributed by atoms with Crippen molar-refractivity contribution in [3.8, 4) is 0 Å². The van der Waals surface area contributed by atoms with Crippen molar-refractivity contribution in [2.45, 2.75) is 33.6 Å². The SMILES string of the molecule is CC/C=C\C(C)Cc1ccc(Br)c(C)c1. The molecule has 1 aromatic rings. The Labute approximate surface area is 102 Å². The summed E-state index contributed by atoms with van der Waals surface area (Å²) < 4.78 is 1.20. The van der Waals surface area contributed by atoms with Crippen molar-refractivity contribution in [2.24, 2.45) is 5.92 Å². The summed E-state index contributed by atoms with van der Waals surface area (Å²) in [6.45, 7) is 6.58. The van der Waals surface area contributed by atoms with Crippen LogP contribution in [0.4, 0.5) is 0 Å². The molecule has 0 radical (unpaired) electrons. The number of hydrogen-bond donors (Lipinski definition) is 0. The average Bonchev–Trinajstić information content (AvgIpc) is 2.20. The van der Waals surface area contributed by atoms with E-state index in [0.717, 1.165) is 12.8 Å². The van der Waals surface area contributed by atoms with Crippen LogP contribution in [0.2, 0.25) is 0 Å². The zero-order valence-electron chi connectivity index (χ0n) is 9.76. The Morgan fingerprint density at radius 3 is 2.73 bits per heavy atom. The first kappa shape index (κ1) is 12.5. The molecule has 82 valence electrons. The molecule has 0 saturated heterocycles. The number of halogens is 1. The van der Waals surface area contributed by atoms with Gasteiger partial charge in [0.05, 0.1) is 0 Å². The van der Waals surface area contributed by atoms with E-state index in [4.69, 9.17) is 0 Å². The monoisotopic (exact) mass is 266 g/mol. The van der Waals surface area contributed by atoms with Gasteiger partial charge < -0.3 is 0 Å². The maximum atomic E-state index is 3.52. The molecule has 0 aliphatic carbocycles. The number of benzene rings is 1. The van der Waals surface area contributed by atoms with Gasteiger partial charge in [0, 0.05) is 4.47 Å². The van der Waals surface area contributed by atoms with Crippen molar-refractivity contribution >= 4 is 15.9 Å². The van der Waals surface area contributed by atoms with Gasteiger partial charge in [-0.3, -0.25) is 0 Å². The molecular weight excluding hydrogens is 248 g/mol. The van der Waals surface area contributed by atoms with E-state index in [0.29, 0.717) is 5.92 Å². The molecule has 0 saturated carbocycles. The van der Waals surface area contributed by atoms with E-state index in [1.165, 1.54) is 15.6 Å². The quantitative estimate of drug-likeness (QED) is 0.680. The van der Waals surface area contributed by atoms with E-state index >= 15 is 0 Å². The molecule has 0 aliphatic rings. The van der Waals surface area contributed by atoms with E-state index in [1.807, 2.05) is 0 Å². The van der Waals surface area contributed by atoms with Gasteiger partial charge in [-0.2, -0.15) is 0 Å². The molecule has 0 aliphatic heterocycles. The fourth-order valence-corrected chi connectivity index (χ4v) is 1.89. The Balaban J connectivity index is 2.64. The van der Waals surface area contributed by atoms with Gasteiger partial charge in [-0.05, 0) is 42.9 Å². The summed E-state index contributed by atoms with van der Waals surface area (Å²) in [5.74, 6) is 0.630. The molecule has 0 aromatic heterocycles. The zero-order chi connectivity index (χ0) is 11.3. The van der Waals surface area contributed by atoms with Crippen LogP contribution in [-0.4, -0.2) is 0 Å². The van der Waals surface area contributed by atoms with E-state index in [-0.39, 0.29) is 0 Å². The second kappa shape index (κ2) is 6.12. The summed E-state index contributed by atoms with van der Waals surface area (Å²) >= 11 is 3.52. The Bertz CT molecular complexity index is 339. The average molecular weight is 267 g/mol. The first-order chi connectivity index (χ1) is 7.13. The standard InChI is InChI=1S/C14H19Br/c1-4-5-6-11(2)9-13-7-8-14(15)12(3)10-13/h5-8,10-11H,4,9H2,1-3H3/b6-5-. The van der Waals surface area contributed by atoms with Crippen LogP contribution in [0.1, 0.15) is 31.4 Å². The summed E-state index contributed by atoms with van der Waals surface area (Å²) in [7, 11) is 0. The van der Waals surface area contributed by atoms with Gasteiger partial charge in [0.2, 0.25) is 0 Å². The number of allylic oxidation sites excluding steroid dienone is 2. The Hall–Kier alpha value is -0.560. The lowest BCUT2D eigenvalue weighted by atomic mass is 9.99. The summed E-state index contributed by atoms with van der Waals surface area (Å²) in [4.78, 5) is 0. The molecule has 0 bridgehead atoms. The van der Waals surface area contributed by atoms with Crippen molar-refractivity contribution in [1.82, 2.24) is 0 Å². The molecule has 0 nitrogen and oxygen atoms in total. The highest BCUT2D eigenvalue weighted by molar-refractivity contribution is 9.10. The Kier molecular flexibility index (Phi) is 5.10. The topological polar surface area (TPSA) is 0 Å². The fraction of sp³-hybridized carbons (Fsp3) is 0.429. The van der Waals surface area contributed by atoms with Gasteiger partial charge in [-0.25, -0.2) is 0 Å². The predicted molar refractivity (Wildman–Crippen MR) is 71.2 cm³/mol. The lowest BCUT2D eigenvalue weighted by Crippen LogP contribution is -1.96. The van der Waals surface area contributed by atoms with Crippen molar-refractivity contribution in [3.05, 3.63) is 46.0 Å². The molecule has 1 unspecified atom stereocenters. The van der Waals surface area contributed by atoms with Crippen molar-refractivity contribution in [1.29, 1.82) is 0 Å². The maximum absolute atomic E-state index is 3.52. The predicted octanol–water partition coefficient (Wildman–Crippen LogP) is 4.90. The Morgan fingerprint density at radius 2 is 2.13 bits per heavy atom. The smallest absolute Gasteiger partial charge is 0.0204 e. The minimum atomic E-state index is 0.630. The number of rotatable bonds is 4. The minimum absolute atomic E-state index is 0.630. The van der Waals surface area contributed by atoms with Gasteiger partial charge in [-0.1, -0.05) is 54.1 Å². The lowest BCUT2D eigenvalue weighted by Gasteiger charge is -2.08. The number of hydrogen-bond acceptors (Lipinski definition) is 0. The molecular formula is C14H19Br. The molecule has 1 atom stereocenters. The van der Waals surface area contributed by atoms with Crippen LogP contribution in [0.5, 0.6) is 0 Å². The summed E-state index contributed by atoms with van der Waals surface area (Å²) in [6, 6.07) is 6.61. The zero-order valence-corrected chi connectivity index (χ0v) is 11.3. The third-order valence-corrected chi connectivity index (χ3v) is 3.37. The Morgan fingerprint density at radius 1 is 1.40 bits per heavy atom. The van der Waals surface area contributed by atoms with E-state index < -0.39 is 0 Å². The van der Waals surface area contributed by atoms with Crippen LogP contribution in [0.3, 0.4) is 0 Å². The molecule has 0 N–H and O–H groups in total. The van der Waals surface area contributed by atoms with Crippen molar-refractivity contribution < 1.29 is 0 Å². The van der Waals surface area contributed by atoms with Gasteiger partial charge in [0.15, 0.2) is 0 Å². The third-order valence-electron chi connectivity index (χ3n) is 2.48. The summed E-state index contributed by atoms with van der Waals surface area (Å²) in [5, 5.41) is 0. The van der Waals surface area contributed by atoms with Crippen LogP contribution < -0.4 is 0 Å². The second-order valence-corrected chi connectivity index (χ2v) is 4.96. The van der Waals surface area contributed by atoms with Gasteiger partial charge in [0.1, 0.15) is 0 Å². The van der Waals surface area contributed by atoms with Crippen LogP contribution in [-0.2, 0) is 6.42 Å². The molecule has 0 heterocycles. The lowest BCUT2D eigenvalue weighted by molar-refractivity contribution is 0.720. The van der Waals surface area contributed by atoms with E-state index in [2.05, 4.69) is 67.1 Å². The molecule has 1 rings (SSSR count). The molecule has 1 aromatic carbocycles. The van der Waals surface area contributed by atoms with E-state index in [1.54, 1.807) is 0 Å². The third kappa shape index (κ3) is 4.21. The highest BCUT2D eigenvalue weighted by Crippen LogP contribution is 2.19. The normalized spacial score (nSPS) is 13.3. The number of aryl methyl sites for hydroxylation is 1. The minimum Gasteiger partial charge on any atom is -0.0885 e. The van der Waals surface area contributed by atoms with Gasteiger partial charge in [-0.15, -0.1) is 0 Å². The summed E-state index contributed by atoms with van der Waals surface area (Å²) in [6.07, 6.45) is 6.81. The van der Waals surface area contributed by atoms with E-state index in [9.17, 15) is 0 Å².